The third kappa shape index (κ3) is 3.29. The van der Waals surface area contributed by atoms with E-state index >= 15 is 0 Å². The monoisotopic (exact) mass is 363 g/mol. The molecular formula is C22H25N3O2. The van der Waals surface area contributed by atoms with Gasteiger partial charge in [-0.25, -0.2) is 4.98 Å². The minimum atomic E-state index is 0.134. The van der Waals surface area contributed by atoms with Gasteiger partial charge in [0.2, 0.25) is 5.91 Å². The number of likely N-dealkylation sites (tertiary alicyclic amines) is 1. The van der Waals surface area contributed by atoms with E-state index in [2.05, 4.69) is 36.6 Å². The Balaban J connectivity index is 1.60. The summed E-state index contributed by atoms with van der Waals surface area (Å²) in [6, 6.07) is 14.3. The molecular weight excluding hydrogens is 338 g/mol. The molecule has 5 nitrogen and oxygen atoms in total. The molecule has 1 atom stereocenters. The number of aromatic nitrogens is 2. The number of benzene rings is 2. The van der Waals surface area contributed by atoms with Crippen LogP contribution in [0.4, 0.5) is 0 Å². The van der Waals surface area contributed by atoms with Crippen LogP contribution in [-0.2, 0) is 11.3 Å². The van der Waals surface area contributed by atoms with Gasteiger partial charge in [-0.2, -0.15) is 0 Å². The first-order valence-corrected chi connectivity index (χ1v) is 9.42. The molecule has 5 heteroatoms. The van der Waals surface area contributed by atoms with Crippen LogP contribution in [0.1, 0.15) is 29.3 Å². The molecule has 0 aliphatic carbocycles. The van der Waals surface area contributed by atoms with Gasteiger partial charge in [-0.15, -0.1) is 0 Å². The topological polar surface area (TPSA) is 47.4 Å². The van der Waals surface area contributed by atoms with Crippen LogP contribution in [-0.4, -0.2) is 40.6 Å². The van der Waals surface area contributed by atoms with E-state index in [1.807, 2.05) is 31.3 Å². The van der Waals surface area contributed by atoms with Gasteiger partial charge in [-0.3, -0.25) is 4.79 Å². The molecule has 0 radical (unpaired) electrons. The lowest BCUT2D eigenvalue weighted by Crippen LogP contribution is -2.19. The summed E-state index contributed by atoms with van der Waals surface area (Å²) in [5, 5.41) is 0. The van der Waals surface area contributed by atoms with E-state index in [1.165, 1.54) is 0 Å². The average molecular weight is 363 g/mol. The maximum atomic E-state index is 12.0. The van der Waals surface area contributed by atoms with Gasteiger partial charge in [0.15, 0.2) is 0 Å². The van der Waals surface area contributed by atoms with Gasteiger partial charge in [0.1, 0.15) is 18.2 Å². The summed E-state index contributed by atoms with van der Waals surface area (Å²) in [4.78, 5) is 18.7. The van der Waals surface area contributed by atoms with Crippen molar-refractivity contribution in [2.75, 3.05) is 20.2 Å². The second-order valence-corrected chi connectivity index (χ2v) is 7.36. The lowest BCUT2D eigenvalue weighted by molar-refractivity contribution is -0.126. The highest BCUT2D eigenvalue weighted by Crippen LogP contribution is 2.30. The maximum absolute atomic E-state index is 12.0. The average Bonchev–Trinajstić information content (AvgIpc) is 3.18. The van der Waals surface area contributed by atoms with Crippen LogP contribution in [0, 0.1) is 13.8 Å². The first-order chi connectivity index (χ1) is 13.0. The van der Waals surface area contributed by atoms with Gasteiger partial charge in [0.05, 0.1) is 17.6 Å². The smallest absolute Gasteiger partial charge is 0.223 e. The van der Waals surface area contributed by atoms with Crippen LogP contribution in [0.3, 0.4) is 0 Å². The minimum Gasteiger partial charge on any atom is -0.491 e. The van der Waals surface area contributed by atoms with Crippen molar-refractivity contribution in [3.8, 4) is 5.75 Å². The maximum Gasteiger partial charge on any atom is 0.223 e. The number of para-hydroxylation sites is 3. The molecule has 0 spiro atoms. The zero-order valence-corrected chi connectivity index (χ0v) is 16.1. The van der Waals surface area contributed by atoms with Gasteiger partial charge in [-0.05, 0) is 37.1 Å². The van der Waals surface area contributed by atoms with E-state index in [9.17, 15) is 4.79 Å². The highest BCUT2D eigenvalue weighted by Gasteiger charge is 2.31. The normalized spacial score (nSPS) is 17.1. The molecule has 2 heterocycles. The standard InChI is InChI=1S/C22H25N3O2/c1-15-7-6-8-16(2)21(15)27-12-11-25-19-10-5-4-9-18(19)23-22(25)17-13-20(26)24(3)14-17/h4-10,17H,11-14H2,1-3H3. The molecule has 140 valence electrons. The summed E-state index contributed by atoms with van der Waals surface area (Å²) in [5.74, 6) is 2.26. The van der Waals surface area contributed by atoms with Crippen molar-refractivity contribution in [3.63, 3.8) is 0 Å². The number of amides is 1. The molecule has 1 saturated heterocycles. The third-order valence-electron chi connectivity index (χ3n) is 5.36. The largest absolute Gasteiger partial charge is 0.491 e. The van der Waals surface area contributed by atoms with E-state index in [-0.39, 0.29) is 11.8 Å². The van der Waals surface area contributed by atoms with Crippen molar-refractivity contribution in [1.29, 1.82) is 0 Å². The zero-order chi connectivity index (χ0) is 19.0. The van der Waals surface area contributed by atoms with Crippen molar-refractivity contribution in [1.82, 2.24) is 14.5 Å². The highest BCUT2D eigenvalue weighted by molar-refractivity contribution is 5.80. The Hall–Kier alpha value is -2.82. The molecule has 1 amide bonds. The van der Waals surface area contributed by atoms with Crippen molar-refractivity contribution < 1.29 is 9.53 Å². The van der Waals surface area contributed by atoms with E-state index in [0.29, 0.717) is 19.6 Å². The van der Waals surface area contributed by atoms with Crippen LogP contribution >= 0.6 is 0 Å². The molecule has 27 heavy (non-hydrogen) atoms. The SMILES string of the molecule is Cc1cccc(C)c1OCCn1c(C2CC(=O)N(C)C2)nc2ccccc21. The van der Waals surface area contributed by atoms with E-state index in [0.717, 1.165) is 40.3 Å². The molecule has 1 fully saturated rings. The van der Waals surface area contributed by atoms with Crippen molar-refractivity contribution in [2.45, 2.75) is 32.7 Å². The van der Waals surface area contributed by atoms with Gasteiger partial charge in [0.25, 0.3) is 0 Å². The molecule has 0 N–H and O–H groups in total. The predicted molar refractivity (Wildman–Crippen MR) is 106 cm³/mol. The van der Waals surface area contributed by atoms with Gasteiger partial charge >= 0.3 is 0 Å². The summed E-state index contributed by atoms with van der Waals surface area (Å²) in [5.41, 5.74) is 4.36. The van der Waals surface area contributed by atoms with Gasteiger partial charge in [-0.1, -0.05) is 30.3 Å². The number of rotatable bonds is 5. The first kappa shape index (κ1) is 17.6. The summed E-state index contributed by atoms with van der Waals surface area (Å²) in [7, 11) is 1.86. The van der Waals surface area contributed by atoms with Crippen LogP contribution < -0.4 is 4.74 Å². The molecule has 1 aliphatic heterocycles. The molecule has 3 aromatic rings. The van der Waals surface area contributed by atoms with Crippen molar-refractivity contribution in [3.05, 3.63) is 59.4 Å². The fourth-order valence-corrected chi connectivity index (χ4v) is 3.94. The number of hydrogen-bond donors (Lipinski definition) is 0. The molecule has 0 saturated carbocycles. The lowest BCUT2D eigenvalue weighted by Gasteiger charge is -2.16. The Bertz CT molecular complexity index is 972. The third-order valence-corrected chi connectivity index (χ3v) is 5.36. The Labute approximate surface area is 159 Å². The predicted octanol–water partition coefficient (Wildman–Crippen LogP) is 3.68. The van der Waals surface area contributed by atoms with Crippen molar-refractivity contribution >= 4 is 16.9 Å². The quantitative estimate of drug-likeness (QED) is 0.695. The van der Waals surface area contributed by atoms with Crippen LogP contribution in [0.5, 0.6) is 5.75 Å². The Morgan fingerprint density at radius 2 is 1.85 bits per heavy atom. The second-order valence-electron chi connectivity index (χ2n) is 7.36. The second kappa shape index (κ2) is 7.06. The molecule has 4 rings (SSSR count). The van der Waals surface area contributed by atoms with E-state index in [1.54, 1.807) is 4.90 Å². The number of hydrogen-bond acceptors (Lipinski definition) is 3. The lowest BCUT2D eigenvalue weighted by atomic mass is 10.1. The fraction of sp³-hybridized carbons (Fsp3) is 0.364. The Kier molecular flexibility index (Phi) is 4.60. The van der Waals surface area contributed by atoms with Crippen LogP contribution in [0.15, 0.2) is 42.5 Å². The number of nitrogens with zero attached hydrogens (tertiary/aromatic N) is 3. The number of fused-ring (bicyclic) bond motifs is 1. The number of imidazole rings is 1. The first-order valence-electron chi connectivity index (χ1n) is 9.42. The number of likely N-dealkylation sites (N-methyl/N-ethyl adjacent to an activating group) is 1. The summed E-state index contributed by atoms with van der Waals surface area (Å²) in [6.07, 6.45) is 0.525. The molecule has 2 aromatic carbocycles. The Morgan fingerprint density at radius 1 is 1.11 bits per heavy atom. The Morgan fingerprint density at radius 3 is 2.56 bits per heavy atom. The van der Waals surface area contributed by atoms with E-state index in [4.69, 9.17) is 9.72 Å². The number of aryl methyl sites for hydroxylation is 2. The summed E-state index contributed by atoms with van der Waals surface area (Å²) >= 11 is 0. The molecule has 1 aliphatic rings. The minimum absolute atomic E-state index is 0.134. The molecule has 1 unspecified atom stereocenters. The van der Waals surface area contributed by atoms with E-state index < -0.39 is 0 Å². The summed E-state index contributed by atoms with van der Waals surface area (Å²) in [6.45, 7) is 6.13. The number of carbonyl (C=O) groups is 1. The van der Waals surface area contributed by atoms with Crippen LogP contribution in [0.25, 0.3) is 11.0 Å². The fourth-order valence-electron chi connectivity index (χ4n) is 3.94. The number of carbonyl (C=O) groups excluding carboxylic acids is 1. The van der Waals surface area contributed by atoms with Crippen molar-refractivity contribution in [2.24, 2.45) is 0 Å². The van der Waals surface area contributed by atoms with Gasteiger partial charge < -0.3 is 14.2 Å². The van der Waals surface area contributed by atoms with Gasteiger partial charge in [0, 0.05) is 25.9 Å². The zero-order valence-electron chi connectivity index (χ0n) is 16.1. The van der Waals surface area contributed by atoms with Crippen LogP contribution in [0.2, 0.25) is 0 Å². The number of ether oxygens (including phenoxy) is 1. The molecule has 0 bridgehead atoms. The highest BCUT2D eigenvalue weighted by atomic mass is 16.5. The molecule has 1 aromatic heterocycles. The summed E-state index contributed by atoms with van der Waals surface area (Å²) < 4.78 is 8.35.